The topological polar surface area (TPSA) is 51.8 Å². The second-order valence-electron chi connectivity index (χ2n) is 12.4. The van der Waals surface area contributed by atoms with Gasteiger partial charge < -0.3 is 4.42 Å². The summed E-state index contributed by atoms with van der Waals surface area (Å²) in [5.41, 5.74) is 6.71. The molecule has 4 nitrogen and oxygen atoms in total. The van der Waals surface area contributed by atoms with Gasteiger partial charge in [0.1, 0.15) is 11.2 Å². The standard InChI is InChI=1S/C45H27N3O/c1-2-13-29(14-3-1)34-20-11-21-35-38(34)27-39(41-37-19-8-9-23-40(37)49-42(35)41)45-47-43(32-25-24-28-12-4-5-16-31(28)26-32)46-44(48-45)36-22-10-17-30-15-6-7-18-33(30)36/h1-27H. The number of hydrogen-bond donors (Lipinski definition) is 0. The van der Waals surface area contributed by atoms with Crippen LogP contribution in [0.15, 0.2) is 168 Å². The van der Waals surface area contributed by atoms with E-state index in [0.717, 1.165) is 76.7 Å². The van der Waals surface area contributed by atoms with Crippen LogP contribution in [0.2, 0.25) is 0 Å². The van der Waals surface area contributed by atoms with Crippen LogP contribution in [0.25, 0.3) is 99.5 Å². The second-order valence-corrected chi connectivity index (χ2v) is 12.4. The number of nitrogens with zero attached hydrogens (tertiary/aromatic N) is 3. The number of benzene rings is 8. The van der Waals surface area contributed by atoms with Crippen molar-refractivity contribution in [2.45, 2.75) is 0 Å². The average Bonchev–Trinajstić information content (AvgIpc) is 3.57. The lowest BCUT2D eigenvalue weighted by Crippen LogP contribution is -2.01. The zero-order valence-electron chi connectivity index (χ0n) is 26.3. The molecule has 10 aromatic rings. The largest absolute Gasteiger partial charge is 0.455 e. The Kier molecular flexibility index (Phi) is 6.15. The molecule has 0 aliphatic carbocycles. The first-order valence-corrected chi connectivity index (χ1v) is 16.4. The highest BCUT2D eigenvalue weighted by atomic mass is 16.3. The molecule has 2 heterocycles. The molecule has 10 rings (SSSR count). The van der Waals surface area contributed by atoms with Crippen molar-refractivity contribution in [2.75, 3.05) is 0 Å². The molecular formula is C45H27N3O. The van der Waals surface area contributed by atoms with Crippen molar-refractivity contribution in [2.24, 2.45) is 0 Å². The predicted molar refractivity (Wildman–Crippen MR) is 201 cm³/mol. The molecule has 0 amide bonds. The summed E-state index contributed by atoms with van der Waals surface area (Å²) in [7, 11) is 0. The minimum absolute atomic E-state index is 0.599. The fourth-order valence-corrected chi connectivity index (χ4v) is 7.18. The molecule has 0 saturated carbocycles. The van der Waals surface area contributed by atoms with Crippen LogP contribution in [0.4, 0.5) is 0 Å². The van der Waals surface area contributed by atoms with Crippen molar-refractivity contribution in [3.05, 3.63) is 164 Å². The third kappa shape index (κ3) is 4.49. The van der Waals surface area contributed by atoms with Crippen molar-refractivity contribution in [3.8, 4) is 45.3 Å². The van der Waals surface area contributed by atoms with E-state index < -0.39 is 0 Å². The van der Waals surface area contributed by atoms with Gasteiger partial charge in [0.05, 0.1) is 0 Å². The quantitative estimate of drug-likeness (QED) is 0.195. The molecule has 0 saturated heterocycles. The highest BCUT2D eigenvalue weighted by Crippen LogP contribution is 2.43. The van der Waals surface area contributed by atoms with Crippen LogP contribution in [0.1, 0.15) is 0 Å². The molecule has 49 heavy (non-hydrogen) atoms. The van der Waals surface area contributed by atoms with Gasteiger partial charge in [0.15, 0.2) is 17.5 Å². The lowest BCUT2D eigenvalue weighted by molar-refractivity contribution is 0.672. The van der Waals surface area contributed by atoms with Gasteiger partial charge in [0.25, 0.3) is 0 Å². The van der Waals surface area contributed by atoms with Gasteiger partial charge in [-0.2, -0.15) is 0 Å². The molecule has 228 valence electrons. The summed E-state index contributed by atoms with van der Waals surface area (Å²) < 4.78 is 6.68. The van der Waals surface area contributed by atoms with Crippen LogP contribution in [0.5, 0.6) is 0 Å². The van der Waals surface area contributed by atoms with Gasteiger partial charge >= 0.3 is 0 Å². The van der Waals surface area contributed by atoms with Gasteiger partial charge in [-0.05, 0) is 56.3 Å². The maximum atomic E-state index is 6.68. The maximum Gasteiger partial charge on any atom is 0.164 e. The van der Waals surface area contributed by atoms with Crippen LogP contribution in [0.3, 0.4) is 0 Å². The monoisotopic (exact) mass is 625 g/mol. The highest BCUT2D eigenvalue weighted by molar-refractivity contribution is 6.22. The third-order valence-electron chi connectivity index (χ3n) is 9.50. The molecule has 8 aromatic carbocycles. The van der Waals surface area contributed by atoms with E-state index in [1.807, 2.05) is 18.2 Å². The average molecular weight is 626 g/mol. The molecule has 2 aromatic heterocycles. The van der Waals surface area contributed by atoms with E-state index >= 15 is 0 Å². The maximum absolute atomic E-state index is 6.68. The Labute approximate surface area is 282 Å². The first kappa shape index (κ1) is 27.5. The van der Waals surface area contributed by atoms with Crippen molar-refractivity contribution in [1.82, 2.24) is 15.0 Å². The fourth-order valence-electron chi connectivity index (χ4n) is 7.18. The van der Waals surface area contributed by atoms with Gasteiger partial charge in [0, 0.05) is 32.8 Å². The van der Waals surface area contributed by atoms with Crippen molar-refractivity contribution < 1.29 is 4.42 Å². The van der Waals surface area contributed by atoms with E-state index in [0.29, 0.717) is 17.5 Å². The van der Waals surface area contributed by atoms with Crippen LogP contribution < -0.4 is 0 Å². The van der Waals surface area contributed by atoms with Gasteiger partial charge in [-0.15, -0.1) is 0 Å². The number of hydrogen-bond acceptors (Lipinski definition) is 4. The smallest absolute Gasteiger partial charge is 0.164 e. The molecular weight excluding hydrogens is 599 g/mol. The summed E-state index contributed by atoms with van der Waals surface area (Å²) in [6.07, 6.45) is 0. The van der Waals surface area contributed by atoms with Gasteiger partial charge in [-0.3, -0.25) is 0 Å². The molecule has 4 heteroatoms. The molecule has 0 aliphatic rings. The lowest BCUT2D eigenvalue weighted by atomic mass is 9.93. The van der Waals surface area contributed by atoms with E-state index in [1.54, 1.807) is 0 Å². The Morgan fingerprint density at radius 3 is 1.86 bits per heavy atom. The second kappa shape index (κ2) is 11.0. The Morgan fingerprint density at radius 1 is 0.347 bits per heavy atom. The first-order valence-electron chi connectivity index (χ1n) is 16.4. The molecule has 0 fully saturated rings. The van der Waals surface area contributed by atoms with Crippen LogP contribution in [-0.2, 0) is 0 Å². The highest BCUT2D eigenvalue weighted by Gasteiger charge is 2.22. The SMILES string of the molecule is c1ccc(-c2cccc3c2cc(-c2nc(-c4ccc5ccccc5c4)nc(-c4cccc5ccccc45)n2)c2c4ccccc4oc32)cc1. The minimum Gasteiger partial charge on any atom is -0.455 e. The van der Waals surface area contributed by atoms with Crippen LogP contribution in [0, 0.1) is 0 Å². The van der Waals surface area contributed by atoms with E-state index in [4.69, 9.17) is 19.4 Å². The van der Waals surface area contributed by atoms with Crippen LogP contribution >= 0.6 is 0 Å². The Bertz CT molecular complexity index is 2890. The molecule has 0 spiro atoms. The zero-order valence-corrected chi connectivity index (χ0v) is 26.3. The van der Waals surface area contributed by atoms with Crippen LogP contribution in [-0.4, -0.2) is 15.0 Å². The summed E-state index contributed by atoms with van der Waals surface area (Å²) in [4.78, 5) is 15.7. The molecule has 0 N–H and O–H groups in total. The number of furan rings is 1. The molecule has 0 bridgehead atoms. The zero-order chi connectivity index (χ0) is 32.3. The normalized spacial score (nSPS) is 11.7. The van der Waals surface area contributed by atoms with E-state index in [-0.39, 0.29) is 0 Å². The molecule has 0 radical (unpaired) electrons. The number of fused-ring (bicyclic) bond motifs is 7. The molecule has 0 unspecified atom stereocenters. The number of aromatic nitrogens is 3. The molecule has 0 aliphatic heterocycles. The lowest BCUT2D eigenvalue weighted by Gasteiger charge is -2.13. The van der Waals surface area contributed by atoms with E-state index in [9.17, 15) is 0 Å². The Hall–Kier alpha value is -6.65. The van der Waals surface area contributed by atoms with Crippen molar-refractivity contribution in [1.29, 1.82) is 0 Å². The van der Waals surface area contributed by atoms with Crippen molar-refractivity contribution >= 4 is 54.3 Å². The first-order chi connectivity index (χ1) is 24.3. The third-order valence-corrected chi connectivity index (χ3v) is 9.50. The summed E-state index contributed by atoms with van der Waals surface area (Å²) in [5, 5.41) is 8.68. The van der Waals surface area contributed by atoms with E-state index in [2.05, 4.69) is 146 Å². The Balaban J connectivity index is 1.33. The fraction of sp³-hybridized carbons (Fsp3) is 0. The predicted octanol–water partition coefficient (Wildman–Crippen LogP) is 11.9. The summed E-state index contributed by atoms with van der Waals surface area (Å²) in [6, 6.07) is 56.8. The summed E-state index contributed by atoms with van der Waals surface area (Å²) in [6.45, 7) is 0. The Morgan fingerprint density at radius 2 is 0.980 bits per heavy atom. The van der Waals surface area contributed by atoms with Gasteiger partial charge in [-0.25, -0.2) is 15.0 Å². The number of para-hydroxylation sites is 1. The number of rotatable bonds is 4. The van der Waals surface area contributed by atoms with Gasteiger partial charge in [-0.1, -0.05) is 146 Å². The van der Waals surface area contributed by atoms with Crippen molar-refractivity contribution in [3.63, 3.8) is 0 Å². The van der Waals surface area contributed by atoms with Gasteiger partial charge in [0.2, 0.25) is 0 Å². The summed E-state index contributed by atoms with van der Waals surface area (Å²) >= 11 is 0. The molecule has 0 atom stereocenters. The minimum atomic E-state index is 0.599. The summed E-state index contributed by atoms with van der Waals surface area (Å²) in [5.74, 6) is 1.85. The van der Waals surface area contributed by atoms with E-state index in [1.165, 1.54) is 5.39 Å².